The summed E-state index contributed by atoms with van der Waals surface area (Å²) in [7, 11) is 0. The van der Waals surface area contributed by atoms with E-state index in [9.17, 15) is 40.2 Å². The first-order chi connectivity index (χ1) is 10.5. The minimum atomic E-state index is -2.57. The van der Waals surface area contributed by atoms with Crippen molar-refractivity contribution < 1.29 is 55.5 Å². The first kappa shape index (κ1) is 22.0. The Morgan fingerprint density at radius 3 is 1.35 bits per heavy atom. The number of Topliss-reactive ketones (excluding diaryl/α,β-unsaturated/α-hetero) is 2. The normalized spacial score (nSPS) is 22.3. The van der Waals surface area contributed by atoms with Crippen molar-refractivity contribution in [3.05, 3.63) is 0 Å². The zero-order valence-electron chi connectivity index (χ0n) is 12.2. The molecule has 11 heteroatoms. The second-order valence-electron chi connectivity index (χ2n) is 5.07. The van der Waals surface area contributed by atoms with E-state index in [4.69, 9.17) is 15.3 Å². The topological polar surface area (TPSA) is 216 Å². The molecule has 0 fully saturated rings. The smallest absolute Gasteiger partial charge is 0.232 e. The molecule has 11 nitrogen and oxygen atoms in total. The molecule has 0 saturated carbocycles. The van der Waals surface area contributed by atoms with Gasteiger partial charge in [0.1, 0.15) is 42.7 Å². The molecule has 0 aliphatic carbocycles. The van der Waals surface area contributed by atoms with E-state index in [2.05, 4.69) is 0 Å². The molecule has 0 saturated heterocycles. The monoisotopic (exact) mass is 342 g/mol. The number of hydrogen-bond donors (Lipinski definition) is 9. The zero-order valence-corrected chi connectivity index (χ0v) is 12.2. The van der Waals surface area contributed by atoms with E-state index >= 15 is 0 Å². The summed E-state index contributed by atoms with van der Waals surface area (Å²) in [4.78, 5) is 23.2. The molecule has 23 heavy (non-hydrogen) atoms. The highest BCUT2D eigenvalue weighted by molar-refractivity contribution is 6.40. The van der Waals surface area contributed by atoms with Gasteiger partial charge in [-0.3, -0.25) is 9.59 Å². The van der Waals surface area contributed by atoms with Crippen LogP contribution in [-0.2, 0) is 9.59 Å². The molecule has 0 radical (unpaired) electrons. The van der Waals surface area contributed by atoms with Gasteiger partial charge in [-0.2, -0.15) is 0 Å². The minimum absolute atomic E-state index is 1.00. The summed E-state index contributed by atoms with van der Waals surface area (Å²) < 4.78 is 0. The maximum Gasteiger partial charge on any atom is 0.232 e. The van der Waals surface area contributed by atoms with E-state index in [1.807, 2.05) is 0 Å². The highest BCUT2D eigenvalue weighted by Gasteiger charge is 2.42. The van der Waals surface area contributed by atoms with Crippen LogP contribution in [0.2, 0.25) is 0 Å². The fourth-order valence-corrected chi connectivity index (χ4v) is 1.60. The molecule has 0 aliphatic rings. The molecule has 136 valence electrons. The quantitative estimate of drug-likeness (QED) is 0.170. The average molecular weight is 342 g/mol. The Labute approximate surface area is 130 Å². The SMILES string of the molecule is C[C@@H](O)[C@@H](O)[C@H](O)[C@@H](O)C(=O)C(=O)[C@H](O)[C@@H](O)[C@H](O)[C@H](O)CO. The van der Waals surface area contributed by atoms with Gasteiger partial charge in [-0.15, -0.1) is 0 Å². The molecule has 0 spiro atoms. The number of carbonyl (C=O) groups is 2. The third kappa shape index (κ3) is 5.53. The highest BCUT2D eigenvalue weighted by atomic mass is 16.4. The Bertz CT molecular complexity index is 398. The second-order valence-corrected chi connectivity index (χ2v) is 5.07. The van der Waals surface area contributed by atoms with Crippen molar-refractivity contribution in [2.75, 3.05) is 6.61 Å². The lowest BCUT2D eigenvalue weighted by molar-refractivity contribution is -0.163. The second kappa shape index (κ2) is 9.32. The molecule has 0 aromatic heterocycles. The number of carbonyl (C=O) groups excluding carboxylic acids is 2. The summed E-state index contributed by atoms with van der Waals surface area (Å²) in [5.41, 5.74) is 0. The molecule has 0 unspecified atom stereocenters. The van der Waals surface area contributed by atoms with Crippen molar-refractivity contribution in [3.63, 3.8) is 0 Å². The van der Waals surface area contributed by atoms with Gasteiger partial charge in [-0.05, 0) is 6.92 Å². The predicted octanol–water partition coefficient (Wildman–Crippen LogP) is -5.98. The van der Waals surface area contributed by atoms with Crippen LogP contribution < -0.4 is 0 Å². The van der Waals surface area contributed by atoms with Gasteiger partial charge in [0, 0.05) is 0 Å². The standard InChI is InChI=1S/C12H22O11/c1-3(14)5(16)7(18)9(20)11(22)12(23)10(21)8(19)6(17)4(15)2-13/h3-10,13-21H,2H2,1H3/t3-,4-,5-,6-,7+,8+,9-,10-/m1/s1. The molecule has 0 rings (SSSR count). The van der Waals surface area contributed by atoms with Crippen LogP contribution in [-0.4, -0.2) is 113 Å². The van der Waals surface area contributed by atoms with Crippen LogP contribution in [0.3, 0.4) is 0 Å². The van der Waals surface area contributed by atoms with Gasteiger partial charge >= 0.3 is 0 Å². The van der Waals surface area contributed by atoms with Crippen LogP contribution in [0, 0.1) is 0 Å². The Hall–Kier alpha value is -1.02. The molecule has 8 atom stereocenters. The number of aliphatic hydroxyl groups is 9. The van der Waals surface area contributed by atoms with Gasteiger partial charge in [0.25, 0.3) is 0 Å². The summed E-state index contributed by atoms with van der Waals surface area (Å²) >= 11 is 0. The number of aliphatic hydroxyl groups excluding tert-OH is 9. The summed E-state index contributed by atoms with van der Waals surface area (Å²) in [5.74, 6) is -3.61. The van der Waals surface area contributed by atoms with Gasteiger partial charge in [-0.25, -0.2) is 0 Å². The van der Waals surface area contributed by atoms with Crippen LogP contribution in [0.1, 0.15) is 6.92 Å². The zero-order chi connectivity index (χ0) is 18.5. The van der Waals surface area contributed by atoms with Crippen LogP contribution in [0.25, 0.3) is 0 Å². The molecule has 0 aromatic rings. The van der Waals surface area contributed by atoms with Gasteiger partial charge in [0.05, 0.1) is 12.7 Å². The average Bonchev–Trinajstić information content (AvgIpc) is 2.55. The van der Waals surface area contributed by atoms with E-state index in [1.54, 1.807) is 0 Å². The van der Waals surface area contributed by atoms with Crippen LogP contribution >= 0.6 is 0 Å². The first-order valence-electron chi connectivity index (χ1n) is 6.60. The number of rotatable bonds is 10. The Morgan fingerprint density at radius 1 is 0.696 bits per heavy atom. The molecule has 0 bridgehead atoms. The number of hydrogen-bond acceptors (Lipinski definition) is 11. The van der Waals surface area contributed by atoms with E-state index < -0.39 is 67.0 Å². The Kier molecular flexibility index (Phi) is 8.90. The van der Waals surface area contributed by atoms with Crippen molar-refractivity contribution in [2.45, 2.75) is 55.8 Å². The lowest BCUT2D eigenvalue weighted by Gasteiger charge is -2.26. The third-order valence-electron chi connectivity index (χ3n) is 3.20. The highest BCUT2D eigenvalue weighted by Crippen LogP contribution is 2.11. The lowest BCUT2D eigenvalue weighted by Crippen LogP contribution is -2.54. The minimum Gasteiger partial charge on any atom is -0.394 e. The summed E-state index contributed by atoms with van der Waals surface area (Å²) in [6, 6.07) is 0. The molecular weight excluding hydrogens is 320 g/mol. The molecular formula is C12H22O11. The van der Waals surface area contributed by atoms with Crippen LogP contribution in [0.5, 0.6) is 0 Å². The fraction of sp³-hybridized carbons (Fsp3) is 0.833. The van der Waals surface area contributed by atoms with Crippen molar-refractivity contribution in [3.8, 4) is 0 Å². The van der Waals surface area contributed by atoms with Gasteiger partial charge < -0.3 is 46.0 Å². The summed E-state index contributed by atoms with van der Waals surface area (Å²) in [6.07, 6.45) is -17.3. The largest absolute Gasteiger partial charge is 0.394 e. The molecule has 0 heterocycles. The van der Waals surface area contributed by atoms with E-state index in [0.29, 0.717) is 0 Å². The maximum absolute atomic E-state index is 11.6. The lowest BCUT2D eigenvalue weighted by atomic mass is 9.93. The maximum atomic E-state index is 11.6. The summed E-state index contributed by atoms with van der Waals surface area (Å²) in [5, 5.41) is 83.1. The number of ketones is 2. The van der Waals surface area contributed by atoms with Crippen molar-refractivity contribution in [1.82, 2.24) is 0 Å². The Balaban J connectivity index is 4.97. The van der Waals surface area contributed by atoms with Crippen LogP contribution in [0.4, 0.5) is 0 Å². The predicted molar refractivity (Wildman–Crippen MR) is 70.8 cm³/mol. The van der Waals surface area contributed by atoms with Gasteiger partial charge in [0.15, 0.2) is 0 Å². The van der Waals surface area contributed by atoms with Crippen molar-refractivity contribution in [2.24, 2.45) is 0 Å². The van der Waals surface area contributed by atoms with Gasteiger partial charge in [0.2, 0.25) is 11.6 Å². The van der Waals surface area contributed by atoms with Crippen molar-refractivity contribution in [1.29, 1.82) is 0 Å². The van der Waals surface area contributed by atoms with Crippen LogP contribution in [0.15, 0.2) is 0 Å². The van der Waals surface area contributed by atoms with Gasteiger partial charge in [-0.1, -0.05) is 0 Å². The van der Waals surface area contributed by atoms with E-state index in [0.717, 1.165) is 6.92 Å². The van der Waals surface area contributed by atoms with E-state index in [-0.39, 0.29) is 0 Å². The van der Waals surface area contributed by atoms with Crippen molar-refractivity contribution >= 4 is 11.6 Å². The fourth-order valence-electron chi connectivity index (χ4n) is 1.60. The third-order valence-corrected chi connectivity index (χ3v) is 3.20. The summed E-state index contributed by atoms with van der Waals surface area (Å²) in [6.45, 7) is 0.0349. The van der Waals surface area contributed by atoms with E-state index in [1.165, 1.54) is 0 Å². The Morgan fingerprint density at radius 2 is 1.04 bits per heavy atom. The molecule has 9 N–H and O–H groups in total. The molecule has 0 aliphatic heterocycles. The molecule has 0 aromatic carbocycles. The molecule has 0 amide bonds. The first-order valence-corrected chi connectivity index (χ1v) is 6.60.